The van der Waals surface area contributed by atoms with Crippen molar-refractivity contribution in [2.24, 2.45) is 0 Å². The van der Waals surface area contributed by atoms with Crippen LogP contribution in [0.2, 0.25) is 0 Å². The van der Waals surface area contributed by atoms with Gasteiger partial charge in [-0.05, 0) is 24.6 Å². The normalized spacial score (nSPS) is 10.8. The van der Waals surface area contributed by atoms with Gasteiger partial charge < -0.3 is 9.52 Å². The Balaban J connectivity index is 2.63. The summed E-state index contributed by atoms with van der Waals surface area (Å²) in [6.07, 6.45) is 4.42. The van der Waals surface area contributed by atoms with Crippen LogP contribution < -0.4 is 0 Å². The lowest BCUT2D eigenvalue weighted by atomic mass is 10.3. The lowest BCUT2D eigenvalue weighted by Gasteiger charge is -1.89. The minimum atomic E-state index is -0.964. The Bertz CT molecular complexity index is 310. The lowest BCUT2D eigenvalue weighted by molar-refractivity contribution is -0.131. The predicted octanol–water partition coefficient (Wildman–Crippen LogP) is 2.33. The van der Waals surface area contributed by atoms with E-state index in [1.54, 1.807) is 6.07 Å². The fourth-order valence-corrected chi connectivity index (χ4v) is 1.02. The molecule has 0 saturated carbocycles. The van der Waals surface area contributed by atoms with Crippen LogP contribution in [0, 0.1) is 0 Å². The molecule has 0 spiro atoms. The number of hydrogen-bond acceptors (Lipinski definition) is 2. The summed E-state index contributed by atoms with van der Waals surface area (Å²) in [5.41, 5.74) is 0. The second-order valence-corrected chi connectivity index (χ2v) is 2.73. The van der Waals surface area contributed by atoms with Gasteiger partial charge in [0.1, 0.15) is 11.5 Å². The highest BCUT2D eigenvalue weighted by Crippen LogP contribution is 2.11. The molecule has 0 aliphatic carbocycles. The van der Waals surface area contributed by atoms with Crippen molar-refractivity contribution in [3.05, 3.63) is 29.7 Å². The van der Waals surface area contributed by atoms with Crippen molar-refractivity contribution in [2.45, 2.75) is 19.8 Å². The number of carboxylic acids is 1. The molecule has 3 heteroatoms. The molecule has 0 aliphatic heterocycles. The standard InChI is InChI=1S/C10H12O3/c1-2-3-8-4-5-9(13-8)6-7-10(11)12/h4-7H,2-3H2,1H3,(H,11,12). The second kappa shape index (κ2) is 4.50. The Hall–Kier alpha value is -1.51. The third kappa shape index (κ3) is 3.15. The molecule has 0 aromatic carbocycles. The maximum Gasteiger partial charge on any atom is 0.328 e. The molecule has 1 rings (SSSR count). The van der Waals surface area contributed by atoms with Gasteiger partial charge in [-0.25, -0.2) is 4.79 Å². The largest absolute Gasteiger partial charge is 0.478 e. The topological polar surface area (TPSA) is 50.4 Å². The van der Waals surface area contributed by atoms with Crippen LogP contribution in [0.5, 0.6) is 0 Å². The van der Waals surface area contributed by atoms with Crippen molar-refractivity contribution in [1.29, 1.82) is 0 Å². The molecule has 0 bridgehead atoms. The van der Waals surface area contributed by atoms with Gasteiger partial charge in [-0.1, -0.05) is 6.92 Å². The first-order valence-corrected chi connectivity index (χ1v) is 4.22. The van der Waals surface area contributed by atoms with E-state index in [1.165, 1.54) is 6.08 Å². The molecule has 13 heavy (non-hydrogen) atoms. The molecule has 0 amide bonds. The molecule has 0 radical (unpaired) electrons. The molecule has 1 N–H and O–H groups in total. The third-order valence-electron chi connectivity index (χ3n) is 1.57. The summed E-state index contributed by atoms with van der Waals surface area (Å²) in [7, 11) is 0. The Morgan fingerprint density at radius 3 is 3.00 bits per heavy atom. The molecule has 0 unspecified atom stereocenters. The number of aryl methyl sites for hydroxylation is 1. The molecule has 1 aromatic rings. The lowest BCUT2D eigenvalue weighted by Crippen LogP contribution is -1.84. The molecule has 70 valence electrons. The van der Waals surface area contributed by atoms with Gasteiger partial charge in [0.2, 0.25) is 0 Å². The SMILES string of the molecule is CCCc1ccc(C=CC(=O)O)o1. The van der Waals surface area contributed by atoms with Crippen molar-refractivity contribution in [3.8, 4) is 0 Å². The molecular weight excluding hydrogens is 168 g/mol. The first-order chi connectivity index (χ1) is 6.22. The average Bonchev–Trinajstić information content (AvgIpc) is 2.50. The van der Waals surface area contributed by atoms with Crippen LogP contribution in [0.4, 0.5) is 0 Å². The van der Waals surface area contributed by atoms with E-state index >= 15 is 0 Å². The zero-order valence-corrected chi connectivity index (χ0v) is 7.49. The zero-order valence-electron chi connectivity index (χ0n) is 7.49. The van der Waals surface area contributed by atoms with Crippen molar-refractivity contribution < 1.29 is 14.3 Å². The molecule has 0 atom stereocenters. The number of carboxylic acid groups (broad SMARTS) is 1. The number of hydrogen-bond donors (Lipinski definition) is 1. The van der Waals surface area contributed by atoms with Gasteiger partial charge in [-0.15, -0.1) is 0 Å². The second-order valence-electron chi connectivity index (χ2n) is 2.73. The molecule has 1 heterocycles. The van der Waals surface area contributed by atoms with E-state index in [4.69, 9.17) is 9.52 Å². The molecule has 0 aliphatic rings. The Morgan fingerprint density at radius 1 is 1.62 bits per heavy atom. The quantitative estimate of drug-likeness (QED) is 0.723. The minimum Gasteiger partial charge on any atom is -0.478 e. The third-order valence-corrected chi connectivity index (χ3v) is 1.57. The molecule has 0 saturated heterocycles. The summed E-state index contributed by atoms with van der Waals surface area (Å²) >= 11 is 0. The van der Waals surface area contributed by atoms with Crippen LogP contribution in [0.25, 0.3) is 6.08 Å². The van der Waals surface area contributed by atoms with E-state index in [-0.39, 0.29) is 0 Å². The fourth-order valence-electron chi connectivity index (χ4n) is 1.02. The molecule has 3 nitrogen and oxygen atoms in total. The monoisotopic (exact) mass is 180 g/mol. The molecular formula is C10H12O3. The van der Waals surface area contributed by atoms with E-state index in [0.717, 1.165) is 24.7 Å². The van der Waals surface area contributed by atoms with E-state index < -0.39 is 5.97 Å². The Labute approximate surface area is 76.7 Å². The van der Waals surface area contributed by atoms with E-state index in [2.05, 4.69) is 6.92 Å². The summed E-state index contributed by atoms with van der Waals surface area (Å²) in [5.74, 6) is 0.520. The Morgan fingerprint density at radius 2 is 2.38 bits per heavy atom. The maximum atomic E-state index is 10.2. The van der Waals surface area contributed by atoms with Crippen LogP contribution in [-0.4, -0.2) is 11.1 Å². The minimum absolute atomic E-state index is 0.589. The molecule has 1 aromatic heterocycles. The predicted molar refractivity (Wildman–Crippen MR) is 49.4 cm³/mol. The van der Waals surface area contributed by atoms with Gasteiger partial charge in [-0.2, -0.15) is 0 Å². The Kier molecular flexibility index (Phi) is 3.31. The van der Waals surface area contributed by atoms with Gasteiger partial charge >= 0.3 is 5.97 Å². The number of aliphatic carboxylic acids is 1. The number of carbonyl (C=O) groups is 1. The average molecular weight is 180 g/mol. The highest BCUT2D eigenvalue weighted by atomic mass is 16.4. The van der Waals surface area contributed by atoms with Gasteiger partial charge in [0, 0.05) is 12.5 Å². The van der Waals surface area contributed by atoms with E-state index in [1.807, 2.05) is 6.07 Å². The van der Waals surface area contributed by atoms with Crippen LogP contribution in [0.15, 0.2) is 22.6 Å². The van der Waals surface area contributed by atoms with Crippen LogP contribution in [0.1, 0.15) is 24.9 Å². The van der Waals surface area contributed by atoms with Gasteiger partial charge in [0.25, 0.3) is 0 Å². The summed E-state index contributed by atoms with van der Waals surface area (Å²) < 4.78 is 5.32. The van der Waals surface area contributed by atoms with Gasteiger partial charge in [0.15, 0.2) is 0 Å². The molecule has 0 fully saturated rings. The summed E-state index contributed by atoms with van der Waals surface area (Å²) in [5, 5.41) is 8.36. The highest BCUT2D eigenvalue weighted by Gasteiger charge is 1.97. The van der Waals surface area contributed by atoms with Crippen LogP contribution in [0.3, 0.4) is 0 Å². The number of furan rings is 1. The maximum absolute atomic E-state index is 10.2. The summed E-state index contributed by atoms with van der Waals surface area (Å²) in [6.45, 7) is 2.06. The first kappa shape index (κ1) is 9.58. The van der Waals surface area contributed by atoms with Crippen molar-refractivity contribution >= 4 is 12.0 Å². The van der Waals surface area contributed by atoms with Crippen LogP contribution in [-0.2, 0) is 11.2 Å². The van der Waals surface area contributed by atoms with Gasteiger partial charge in [0.05, 0.1) is 0 Å². The van der Waals surface area contributed by atoms with Crippen LogP contribution >= 0.6 is 0 Å². The number of rotatable bonds is 4. The van der Waals surface area contributed by atoms with E-state index in [9.17, 15) is 4.79 Å². The van der Waals surface area contributed by atoms with Crippen molar-refractivity contribution in [3.63, 3.8) is 0 Å². The summed E-state index contributed by atoms with van der Waals surface area (Å²) in [6, 6.07) is 3.63. The van der Waals surface area contributed by atoms with E-state index in [0.29, 0.717) is 5.76 Å². The van der Waals surface area contributed by atoms with Gasteiger partial charge in [-0.3, -0.25) is 0 Å². The van der Waals surface area contributed by atoms with Crippen molar-refractivity contribution in [2.75, 3.05) is 0 Å². The highest BCUT2D eigenvalue weighted by molar-refractivity contribution is 5.84. The zero-order chi connectivity index (χ0) is 9.68. The van der Waals surface area contributed by atoms with Crippen molar-refractivity contribution in [1.82, 2.24) is 0 Å². The summed E-state index contributed by atoms with van der Waals surface area (Å²) in [4.78, 5) is 10.2. The smallest absolute Gasteiger partial charge is 0.328 e. The first-order valence-electron chi connectivity index (χ1n) is 4.22. The fraction of sp³-hybridized carbons (Fsp3) is 0.300.